The average Bonchev–Trinajstić information content (AvgIpc) is 3.09. The second-order valence-corrected chi connectivity index (χ2v) is 9.59. The standard InChI is InChI=1S/C23H22N6O5S/c1-15(30)24-18-9-10-20(27-35(2,33)34)19(13-18)22(31)25-17-7-5-6-16(12-17)14-29-23(32)28-11-4-3-8-21(28)26-29/h3-13,27H,14H2,1-2H3,(H,24,30)(H,25,31). The van der Waals surface area contributed by atoms with E-state index in [4.69, 9.17) is 0 Å². The molecule has 2 heterocycles. The molecular weight excluding hydrogens is 472 g/mol. The molecule has 12 heteroatoms. The molecule has 0 bridgehead atoms. The number of fused-ring (bicyclic) bond motifs is 1. The first-order chi connectivity index (χ1) is 16.6. The monoisotopic (exact) mass is 494 g/mol. The van der Waals surface area contributed by atoms with Crippen molar-refractivity contribution in [3.05, 3.63) is 88.5 Å². The molecule has 0 unspecified atom stereocenters. The van der Waals surface area contributed by atoms with E-state index in [2.05, 4.69) is 20.5 Å². The lowest BCUT2D eigenvalue weighted by molar-refractivity contribution is -0.114. The summed E-state index contributed by atoms with van der Waals surface area (Å²) in [4.78, 5) is 37.0. The molecule has 0 saturated heterocycles. The Morgan fingerprint density at radius 2 is 1.74 bits per heavy atom. The Balaban J connectivity index is 1.60. The SMILES string of the molecule is CC(=O)Nc1ccc(NS(C)(=O)=O)c(C(=O)Nc2cccc(Cn3nc4ccccn4c3=O)c2)c1. The molecule has 0 atom stereocenters. The number of benzene rings is 2. The van der Waals surface area contributed by atoms with Gasteiger partial charge in [0, 0.05) is 24.5 Å². The van der Waals surface area contributed by atoms with Crippen LogP contribution in [0.5, 0.6) is 0 Å². The van der Waals surface area contributed by atoms with E-state index < -0.39 is 15.9 Å². The second kappa shape index (κ2) is 9.43. The average molecular weight is 495 g/mol. The number of aromatic nitrogens is 3. The van der Waals surface area contributed by atoms with Crippen molar-refractivity contribution < 1.29 is 18.0 Å². The van der Waals surface area contributed by atoms with Gasteiger partial charge in [0.25, 0.3) is 5.91 Å². The number of hydrogen-bond acceptors (Lipinski definition) is 6. The van der Waals surface area contributed by atoms with Crippen LogP contribution in [0.1, 0.15) is 22.8 Å². The molecule has 180 valence electrons. The molecule has 2 aromatic carbocycles. The summed E-state index contributed by atoms with van der Waals surface area (Å²) in [5.41, 5.74) is 1.79. The molecule has 11 nitrogen and oxygen atoms in total. The number of hydrogen-bond donors (Lipinski definition) is 3. The van der Waals surface area contributed by atoms with Gasteiger partial charge in [-0.25, -0.2) is 17.9 Å². The molecule has 35 heavy (non-hydrogen) atoms. The van der Waals surface area contributed by atoms with Crippen LogP contribution in [-0.2, 0) is 21.4 Å². The smallest absolute Gasteiger partial charge is 0.326 e. The molecule has 2 aromatic heterocycles. The fourth-order valence-electron chi connectivity index (χ4n) is 3.49. The Morgan fingerprint density at radius 1 is 0.971 bits per heavy atom. The summed E-state index contributed by atoms with van der Waals surface area (Å²) in [5, 5.41) is 9.61. The Morgan fingerprint density at radius 3 is 2.46 bits per heavy atom. The Bertz CT molecular complexity index is 1610. The van der Waals surface area contributed by atoms with Gasteiger partial charge < -0.3 is 10.6 Å². The highest BCUT2D eigenvalue weighted by molar-refractivity contribution is 7.92. The fraction of sp³-hybridized carbons (Fsp3) is 0.130. The van der Waals surface area contributed by atoms with E-state index in [0.29, 0.717) is 17.0 Å². The highest BCUT2D eigenvalue weighted by Gasteiger charge is 2.16. The number of amides is 2. The maximum atomic E-state index is 13.1. The zero-order chi connectivity index (χ0) is 25.2. The van der Waals surface area contributed by atoms with Crippen LogP contribution in [0.2, 0.25) is 0 Å². The van der Waals surface area contributed by atoms with Crippen molar-refractivity contribution >= 4 is 44.5 Å². The van der Waals surface area contributed by atoms with E-state index in [1.807, 2.05) is 0 Å². The zero-order valence-corrected chi connectivity index (χ0v) is 19.7. The van der Waals surface area contributed by atoms with Gasteiger partial charge in [0.2, 0.25) is 15.9 Å². The molecule has 0 fully saturated rings. The highest BCUT2D eigenvalue weighted by Crippen LogP contribution is 2.23. The van der Waals surface area contributed by atoms with E-state index in [1.54, 1.807) is 48.7 Å². The van der Waals surface area contributed by atoms with E-state index in [-0.39, 0.29) is 29.4 Å². The predicted octanol–water partition coefficient (Wildman–Crippen LogP) is 2.13. The van der Waals surface area contributed by atoms with Crippen LogP contribution in [0.15, 0.2) is 71.7 Å². The summed E-state index contributed by atoms with van der Waals surface area (Å²) in [7, 11) is -3.66. The lowest BCUT2D eigenvalue weighted by Gasteiger charge is -2.14. The van der Waals surface area contributed by atoms with Crippen LogP contribution in [-0.4, -0.2) is 40.7 Å². The van der Waals surface area contributed by atoms with Crippen LogP contribution in [0.25, 0.3) is 5.65 Å². The van der Waals surface area contributed by atoms with Gasteiger partial charge in [0.15, 0.2) is 5.65 Å². The summed E-state index contributed by atoms with van der Waals surface area (Å²) in [6.45, 7) is 1.51. The highest BCUT2D eigenvalue weighted by atomic mass is 32.2. The molecule has 2 amide bonds. The van der Waals surface area contributed by atoms with Crippen molar-refractivity contribution in [1.29, 1.82) is 0 Å². The summed E-state index contributed by atoms with van der Waals surface area (Å²) in [6, 6.07) is 16.4. The van der Waals surface area contributed by atoms with E-state index in [9.17, 15) is 22.8 Å². The van der Waals surface area contributed by atoms with Crippen LogP contribution >= 0.6 is 0 Å². The molecule has 3 N–H and O–H groups in total. The van der Waals surface area contributed by atoms with Crippen molar-refractivity contribution in [2.75, 3.05) is 21.6 Å². The number of carbonyl (C=O) groups is 2. The van der Waals surface area contributed by atoms with E-state index >= 15 is 0 Å². The van der Waals surface area contributed by atoms with Gasteiger partial charge >= 0.3 is 5.69 Å². The number of anilines is 3. The lowest BCUT2D eigenvalue weighted by atomic mass is 10.1. The zero-order valence-electron chi connectivity index (χ0n) is 18.8. The number of carbonyl (C=O) groups excluding carboxylic acids is 2. The summed E-state index contributed by atoms with van der Waals surface area (Å²) in [5.74, 6) is -0.930. The van der Waals surface area contributed by atoms with Crippen molar-refractivity contribution in [2.24, 2.45) is 0 Å². The van der Waals surface area contributed by atoms with Crippen molar-refractivity contribution in [2.45, 2.75) is 13.5 Å². The Kier molecular flexibility index (Phi) is 6.38. The first-order valence-corrected chi connectivity index (χ1v) is 12.3. The topological polar surface area (TPSA) is 144 Å². The third-order valence-electron chi connectivity index (χ3n) is 4.89. The minimum atomic E-state index is -3.66. The van der Waals surface area contributed by atoms with Crippen molar-refractivity contribution in [3.63, 3.8) is 0 Å². The molecule has 0 aliphatic heterocycles. The normalized spacial score (nSPS) is 11.3. The summed E-state index contributed by atoms with van der Waals surface area (Å²) < 4.78 is 28.6. The van der Waals surface area contributed by atoms with Crippen LogP contribution < -0.4 is 21.0 Å². The molecule has 0 aliphatic carbocycles. The number of nitrogens with zero attached hydrogens (tertiary/aromatic N) is 3. The second-order valence-electron chi connectivity index (χ2n) is 7.84. The minimum Gasteiger partial charge on any atom is -0.326 e. The predicted molar refractivity (Wildman–Crippen MR) is 132 cm³/mol. The molecule has 0 saturated carbocycles. The third-order valence-corrected chi connectivity index (χ3v) is 5.48. The quantitative estimate of drug-likeness (QED) is 0.359. The number of rotatable bonds is 7. The molecule has 4 rings (SSSR count). The molecule has 4 aromatic rings. The minimum absolute atomic E-state index is 0.0173. The number of nitrogens with one attached hydrogen (secondary N) is 3. The van der Waals surface area contributed by atoms with Crippen LogP contribution in [0.4, 0.5) is 17.1 Å². The molecular formula is C23H22N6O5S. The Hall–Kier alpha value is -4.45. The lowest BCUT2D eigenvalue weighted by Crippen LogP contribution is -2.21. The van der Waals surface area contributed by atoms with E-state index in [1.165, 1.54) is 34.2 Å². The molecule has 0 spiro atoms. The fourth-order valence-corrected chi connectivity index (χ4v) is 4.07. The van der Waals surface area contributed by atoms with Crippen LogP contribution in [0, 0.1) is 0 Å². The molecule has 0 radical (unpaired) electrons. The number of sulfonamides is 1. The maximum absolute atomic E-state index is 13.1. The van der Waals surface area contributed by atoms with Crippen molar-refractivity contribution in [3.8, 4) is 0 Å². The maximum Gasteiger partial charge on any atom is 0.350 e. The third kappa shape index (κ3) is 5.73. The first kappa shape index (κ1) is 23.7. The van der Waals surface area contributed by atoms with Gasteiger partial charge in [-0.2, -0.15) is 0 Å². The largest absolute Gasteiger partial charge is 0.350 e. The Labute approximate surface area is 200 Å². The summed E-state index contributed by atoms with van der Waals surface area (Å²) >= 11 is 0. The molecule has 0 aliphatic rings. The summed E-state index contributed by atoms with van der Waals surface area (Å²) in [6.07, 6.45) is 2.61. The van der Waals surface area contributed by atoms with Gasteiger partial charge in [-0.1, -0.05) is 18.2 Å². The van der Waals surface area contributed by atoms with Gasteiger partial charge in [-0.15, -0.1) is 5.10 Å². The van der Waals surface area contributed by atoms with Gasteiger partial charge in [-0.05, 0) is 48.0 Å². The van der Waals surface area contributed by atoms with Gasteiger partial charge in [0.1, 0.15) is 0 Å². The van der Waals surface area contributed by atoms with Crippen LogP contribution in [0.3, 0.4) is 0 Å². The first-order valence-electron chi connectivity index (χ1n) is 10.4. The van der Waals surface area contributed by atoms with Gasteiger partial charge in [0.05, 0.1) is 24.1 Å². The van der Waals surface area contributed by atoms with Crippen molar-refractivity contribution in [1.82, 2.24) is 14.2 Å². The number of pyridine rings is 1. The van der Waals surface area contributed by atoms with E-state index in [0.717, 1.165) is 11.8 Å². The van der Waals surface area contributed by atoms with Gasteiger partial charge in [-0.3, -0.25) is 18.7 Å².